The zero-order chi connectivity index (χ0) is 17.2. The molecule has 130 valence electrons. The van der Waals surface area contributed by atoms with Gasteiger partial charge in [0.15, 0.2) is 0 Å². The lowest BCUT2D eigenvalue weighted by Crippen LogP contribution is -2.33. The van der Waals surface area contributed by atoms with Crippen LogP contribution >= 0.6 is 0 Å². The molecule has 0 saturated carbocycles. The van der Waals surface area contributed by atoms with E-state index in [0.29, 0.717) is 26.1 Å². The Hall–Kier alpha value is -2.17. The Morgan fingerprint density at radius 2 is 2.04 bits per heavy atom. The van der Waals surface area contributed by atoms with E-state index in [9.17, 15) is 9.59 Å². The first-order valence-corrected chi connectivity index (χ1v) is 8.74. The first-order chi connectivity index (χ1) is 11.6. The van der Waals surface area contributed by atoms with Gasteiger partial charge in [0.05, 0.1) is 0 Å². The lowest BCUT2D eigenvalue weighted by Gasteiger charge is -2.21. The van der Waals surface area contributed by atoms with Crippen LogP contribution < -0.4 is 5.32 Å². The molecule has 0 unspecified atom stereocenters. The highest BCUT2D eigenvalue weighted by atomic mass is 16.2. The maximum Gasteiger partial charge on any atom is 0.221 e. The van der Waals surface area contributed by atoms with Crippen molar-refractivity contribution in [1.29, 1.82) is 0 Å². The molecule has 5 nitrogen and oxygen atoms in total. The Kier molecular flexibility index (Phi) is 7.46. The molecule has 1 N–H and O–H groups in total. The van der Waals surface area contributed by atoms with Gasteiger partial charge in [-0.2, -0.15) is 0 Å². The van der Waals surface area contributed by atoms with Crippen molar-refractivity contribution in [3.8, 4) is 0 Å². The van der Waals surface area contributed by atoms with Gasteiger partial charge in [0, 0.05) is 45.4 Å². The van der Waals surface area contributed by atoms with E-state index in [2.05, 4.69) is 16.4 Å². The Morgan fingerprint density at radius 3 is 2.71 bits per heavy atom. The molecular weight excluding hydrogens is 302 g/mol. The molecular formula is C19H27N3O2. The van der Waals surface area contributed by atoms with Crippen molar-refractivity contribution in [3.63, 3.8) is 0 Å². The highest BCUT2D eigenvalue weighted by molar-refractivity contribution is 5.78. The second kappa shape index (κ2) is 9.85. The van der Waals surface area contributed by atoms with Gasteiger partial charge in [-0.3, -0.25) is 14.6 Å². The van der Waals surface area contributed by atoms with Crippen LogP contribution in [0, 0.1) is 0 Å². The Labute approximate surface area is 144 Å². The largest absolute Gasteiger partial charge is 0.356 e. The first-order valence-electron chi connectivity index (χ1n) is 8.74. The van der Waals surface area contributed by atoms with Gasteiger partial charge < -0.3 is 10.2 Å². The fourth-order valence-corrected chi connectivity index (χ4v) is 2.88. The molecule has 0 aliphatic heterocycles. The highest BCUT2D eigenvalue weighted by Crippen LogP contribution is 2.19. The second-order valence-electron chi connectivity index (χ2n) is 6.25. The summed E-state index contributed by atoms with van der Waals surface area (Å²) < 4.78 is 0. The molecule has 0 fully saturated rings. The number of rotatable bonds is 8. The zero-order valence-electron chi connectivity index (χ0n) is 14.5. The smallest absolute Gasteiger partial charge is 0.221 e. The number of amides is 2. The third-order valence-electron chi connectivity index (χ3n) is 4.33. The van der Waals surface area contributed by atoms with E-state index in [4.69, 9.17) is 0 Å². The van der Waals surface area contributed by atoms with Crippen LogP contribution in [0.25, 0.3) is 0 Å². The molecule has 1 heterocycles. The molecule has 1 aliphatic carbocycles. The summed E-state index contributed by atoms with van der Waals surface area (Å²) in [7, 11) is 0. The minimum Gasteiger partial charge on any atom is -0.356 e. The fraction of sp³-hybridized carbons (Fsp3) is 0.526. The molecule has 5 heteroatoms. The summed E-state index contributed by atoms with van der Waals surface area (Å²) in [6, 6.07) is 3.77. The average molecular weight is 329 g/mol. The van der Waals surface area contributed by atoms with E-state index in [0.717, 1.165) is 12.0 Å². The summed E-state index contributed by atoms with van der Waals surface area (Å²) in [5.74, 6) is -0.0145. The summed E-state index contributed by atoms with van der Waals surface area (Å²) in [6.07, 6.45) is 11.9. The topological polar surface area (TPSA) is 62.3 Å². The third kappa shape index (κ3) is 6.52. The number of nitrogens with one attached hydrogen (secondary N) is 1. The van der Waals surface area contributed by atoms with Crippen LogP contribution in [0.2, 0.25) is 0 Å². The van der Waals surface area contributed by atoms with E-state index < -0.39 is 0 Å². The van der Waals surface area contributed by atoms with Crippen molar-refractivity contribution < 1.29 is 9.59 Å². The SMILES string of the molecule is CC(=O)N(CCC(=O)NCCC1=CCCCC1)Cc1ccncc1. The van der Waals surface area contributed by atoms with Crippen molar-refractivity contribution >= 4 is 11.8 Å². The van der Waals surface area contributed by atoms with Crippen LogP contribution in [0.3, 0.4) is 0 Å². The van der Waals surface area contributed by atoms with E-state index in [1.54, 1.807) is 17.3 Å². The summed E-state index contributed by atoms with van der Waals surface area (Å²) >= 11 is 0. The summed E-state index contributed by atoms with van der Waals surface area (Å²) in [5.41, 5.74) is 2.48. The number of carbonyl (C=O) groups is 2. The van der Waals surface area contributed by atoms with Crippen molar-refractivity contribution in [1.82, 2.24) is 15.2 Å². The maximum atomic E-state index is 12.0. The standard InChI is InChI=1S/C19H27N3O2/c1-16(23)22(15-18-7-11-20-12-8-18)14-10-19(24)21-13-9-17-5-3-2-4-6-17/h5,7-8,11-12H,2-4,6,9-10,13-15H2,1H3,(H,21,24). The van der Waals surface area contributed by atoms with Crippen LogP contribution in [0.5, 0.6) is 0 Å². The molecule has 0 bridgehead atoms. The molecule has 0 saturated heterocycles. The van der Waals surface area contributed by atoms with Gasteiger partial charge in [-0.15, -0.1) is 0 Å². The zero-order valence-corrected chi connectivity index (χ0v) is 14.5. The Balaban J connectivity index is 1.70. The summed E-state index contributed by atoms with van der Waals surface area (Å²) in [5, 5.41) is 2.96. The van der Waals surface area contributed by atoms with Gasteiger partial charge in [-0.05, 0) is 49.8 Å². The lowest BCUT2D eigenvalue weighted by molar-refractivity contribution is -0.130. The Bertz CT molecular complexity index is 569. The van der Waals surface area contributed by atoms with Crippen molar-refractivity contribution in [2.24, 2.45) is 0 Å². The number of hydrogen-bond donors (Lipinski definition) is 1. The molecule has 1 aromatic heterocycles. The van der Waals surface area contributed by atoms with E-state index in [1.807, 2.05) is 12.1 Å². The normalized spacial score (nSPS) is 14.0. The minimum absolute atomic E-state index is 0.00684. The maximum absolute atomic E-state index is 12.0. The molecule has 0 spiro atoms. The van der Waals surface area contributed by atoms with Crippen LogP contribution in [0.1, 0.15) is 51.0 Å². The highest BCUT2D eigenvalue weighted by Gasteiger charge is 2.12. The van der Waals surface area contributed by atoms with Crippen molar-refractivity contribution in [3.05, 3.63) is 41.7 Å². The quantitative estimate of drug-likeness (QED) is 0.746. The van der Waals surface area contributed by atoms with E-state index >= 15 is 0 Å². The van der Waals surface area contributed by atoms with E-state index in [1.165, 1.54) is 38.2 Å². The van der Waals surface area contributed by atoms with Crippen LogP contribution in [0.15, 0.2) is 36.2 Å². The molecule has 0 radical (unpaired) electrons. The summed E-state index contributed by atoms with van der Waals surface area (Å²) in [6.45, 7) is 3.17. The predicted molar refractivity (Wildman–Crippen MR) is 94.1 cm³/mol. The molecule has 0 atom stereocenters. The van der Waals surface area contributed by atoms with Crippen molar-refractivity contribution in [2.75, 3.05) is 13.1 Å². The van der Waals surface area contributed by atoms with Gasteiger partial charge in [0.25, 0.3) is 0 Å². The summed E-state index contributed by atoms with van der Waals surface area (Å²) in [4.78, 5) is 29.4. The Morgan fingerprint density at radius 1 is 1.25 bits per heavy atom. The van der Waals surface area contributed by atoms with Crippen molar-refractivity contribution in [2.45, 2.75) is 52.0 Å². The van der Waals surface area contributed by atoms with Gasteiger partial charge in [-0.25, -0.2) is 0 Å². The molecule has 2 amide bonds. The number of nitrogens with zero attached hydrogens (tertiary/aromatic N) is 2. The van der Waals surface area contributed by atoms with Crippen LogP contribution in [-0.4, -0.2) is 34.8 Å². The van der Waals surface area contributed by atoms with Gasteiger partial charge in [0.2, 0.25) is 11.8 Å². The average Bonchev–Trinajstić information content (AvgIpc) is 2.60. The number of pyridine rings is 1. The molecule has 1 aliphatic rings. The second-order valence-corrected chi connectivity index (χ2v) is 6.25. The predicted octanol–water partition coefficient (Wildman–Crippen LogP) is 2.83. The van der Waals surface area contributed by atoms with E-state index in [-0.39, 0.29) is 11.8 Å². The lowest BCUT2D eigenvalue weighted by atomic mass is 9.97. The number of allylic oxidation sites excluding steroid dienone is 1. The fourth-order valence-electron chi connectivity index (χ4n) is 2.88. The molecule has 1 aromatic rings. The van der Waals surface area contributed by atoms with Gasteiger partial charge in [0.1, 0.15) is 0 Å². The molecule has 24 heavy (non-hydrogen) atoms. The van der Waals surface area contributed by atoms with Gasteiger partial charge >= 0.3 is 0 Å². The monoisotopic (exact) mass is 329 g/mol. The number of hydrogen-bond acceptors (Lipinski definition) is 3. The first kappa shape index (κ1) is 18.2. The molecule has 0 aromatic carbocycles. The number of carbonyl (C=O) groups excluding carboxylic acids is 2. The minimum atomic E-state index is -0.0213. The van der Waals surface area contributed by atoms with Gasteiger partial charge in [-0.1, -0.05) is 11.6 Å². The molecule has 2 rings (SSSR count). The third-order valence-corrected chi connectivity index (χ3v) is 4.33. The van der Waals surface area contributed by atoms with Crippen LogP contribution in [0.4, 0.5) is 0 Å². The van der Waals surface area contributed by atoms with Crippen LogP contribution in [-0.2, 0) is 16.1 Å². The number of aromatic nitrogens is 1.